The zero-order valence-electron chi connectivity index (χ0n) is 10.5. The van der Waals surface area contributed by atoms with E-state index in [1.807, 2.05) is 12.1 Å². The fourth-order valence-electron chi connectivity index (χ4n) is 2.24. The molecule has 0 fully saturated rings. The zero-order valence-corrected chi connectivity index (χ0v) is 10.5. The Kier molecular flexibility index (Phi) is 4.07. The van der Waals surface area contributed by atoms with E-state index in [1.54, 1.807) is 6.07 Å². The minimum absolute atomic E-state index is 0.174. The van der Waals surface area contributed by atoms with E-state index in [-0.39, 0.29) is 6.79 Å². The molecule has 0 aliphatic carbocycles. The van der Waals surface area contributed by atoms with Crippen LogP contribution in [0.4, 0.5) is 0 Å². The van der Waals surface area contributed by atoms with Crippen LogP contribution in [0.15, 0.2) is 18.2 Å². The highest BCUT2D eigenvalue weighted by atomic mass is 16.7. The van der Waals surface area contributed by atoms with Crippen molar-refractivity contribution in [1.29, 1.82) is 0 Å². The Hall–Kier alpha value is -1.71. The Morgan fingerprint density at radius 2 is 2.22 bits per heavy atom. The molecule has 0 spiro atoms. The number of rotatable bonds is 6. The Labute approximate surface area is 107 Å². The van der Waals surface area contributed by atoms with Gasteiger partial charge in [-0.15, -0.1) is 0 Å². The van der Waals surface area contributed by atoms with Gasteiger partial charge in [-0.2, -0.15) is 0 Å². The van der Waals surface area contributed by atoms with Crippen molar-refractivity contribution in [3.05, 3.63) is 23.8 Å². The summed E-state index contributed by atoms with van der Waals surface area (Å²) in [6.45, 7) is 2.28. The van der Waals surface area contributed by atoms with Crippen LogP contribution >= 0.6 is 0 Å². The van der Waals surface area contributed by atoms with Gasteiger partial charge in [-0.05, 0) is 12.5 Å². The Balaban J connectivity index is 2.20. The van der Waals surface area contributed by atoms with Crippen LogP contribution in [0, 0.1) is 0 Å². The number of hydrogen-bond donors (Lipinski definition) is 1. The molecule has 1 aromatic carbocycles. The molecule has 0 aromatic heterocycles. The minimum atomic E-state index is -0.796. The summed E-state index contributed by atoms with van der Waals surface area (Å²) in [5.74, 6) is -0.0566. The molecule has 18 heavy (non-hydrogen) atoms. The van der Waals surface area contributed by atoms with E-state index >= 15 is 0 Å². The van der Waals surface area contributed by atoms with Gasteiger partial charge in [-0.1, -0.05) is 38.3 Å². The maximum atomic E-state index is 11.4. The molecule has 1 aliphatic heterocycles. The maximum Gasteiger partial charge on any atom is 0.311 e. The average molecular weight is 250 g/mol. The second-order valence-corrected chi connectivity index (χ2v) is 4.47. The van der Waals surface area contributed by atoms with Crippen LogP contribution < -0.4 is 9.47 Å². The van der Waals surface area contributed by atoms with Gasteiger partial charge in [0.2, 0.25) is 6.79 Å². The Bertz CT molecular complexity index is 428. The van der Waals surface area contributed by atoms with Gasteiger partial charge >= 0.3 is 5.97 Å². The van der Waals surface area contributed by atoms with Gasteiger partial charge in [0.05, 0.1) is 5.92 Å². The van der Waals surface area contributed by atoms with Gasteiger partial charge in [0.15, 0.2) is 11.5 Å². The Morgan fingerprint density at radius 3 is 2.94 bits per heavy atom. The third kappa shape index (κ3) is 2.58. The van der Waals surface area contributed by atoms with Crippen LogP contribution in [0.1, 0.15) is 44.1 Å². The summed E-state index contributed by atoms with van der Waals surface area (Å²) < 4.78 is 10.7. The summed E-state index contributed by atoms with van der Waals surface area (Å²) in [6.07, 6.45) is 3.69. The molecule has 1 atom stereocenters. The number of carboxylic acids is 1. The fourth-order valence-corrected chi connectivity index (χ4v) is 2.24. The number of ether oxygens (including phenoxy) is 2. The fraction of sp³-hybridized carbons (Fsp3) is 0.500. The van der Waals surface area contributed by atoms with Gasteiger partial charge in [-0.25, -0.2) is 0 Å². The van der Waals surface area contributed by atoms with E-state index in [2.05, 4.69) is 6.92 Å². The summed E-state index contributed by atoms with van der Waals surface area (Å²) in [4.78, 5) is 11.4. The first kappa shape index (κ1) is 12.7. The van der Waals surface area contributed by atoms with Crippen molar-refractivity contribution in [3.8, 4) is 11.5 Å². The van der Waals surface area contributed by atoms with Crippen LogP contribution in [0.25, 0.3) is 0 Å². The predicted octanol–water partition coefficient (Wildman–Crippen LogP) is 3.16. The molecule has 2 rings (SSSR count). The molecule has 1 unspecified atom stereocenters. The van der Waals surface area contributed by atoms with Crippen molar-refractivity contribution in [1.82, 2.24) is 0 Å². The number of unbranched alkanes of at least 4 members (excludes halogenated alkanes) is 2. The first-order valence-corrected chi connectivity index (χ1v) is 6.35. The minimum Gasteiger partial charge on any atom is -0.481 e. The predicted molar refractivity (Wildman–Crippen MR) is 67.1 cm³/mol. The van der Waals surface area contributed by atoms with Gasteiger partial charge in [0, 0.05) is 5.56 Å². The lowest BCUT2D eigenvalue weighted by Crippen LogP contribution is -2.12. The number of hydrogen-bond acceptors (Lipinski definition) is 3. The van der Waals surface area contributed by atoms with Crippen molar-refractivity contribution in [3.63, 3.8) is 0 Å². The molecule has 1 N–H and O–H groups in total. The van der Waals surface area contributed by atoms with E-state index in [0.717, 1.165) is 24.8 Å². The third-order valence-corrected chi connectivity index (χ3v) is 3.20. The second kappa shape index (κ2) is 5.76. The third-order valence-electron chi connectivity index (χ3n) is 3.20. The highest BCUT2D eigenvalue weighted by Crippen LogP contribution is 2.40. The summed E-state index contributed by atoms with van der Waals surface area (Å²) >= 11 is 0. The van der Waals surface area contributed by atoms with E-state index in [4.69, 9.17) is 9.47 Å². The molecular formula is C14H18O4. The van der Waals surface area contributed by atoms with Crippen molar-refractivity contribution >= 4 is 5.97 Å². The van der Waals surface area contributed by atoms with Crippen LogP contribution in [0.3, 0.4) is 0 Å². The van der Waals surface area contributed by atoms with Gasteiger partial charge in [0.25, 0.3) is 0 Å². The first-order valence-electron chi connectivity index (χ1n) is 6.35. The van der Waals surface area contributed by atoms with Crippen molar-refractivity contribution in [2.45, 2.75) is 38.5 Å². The van der Waals surface area contributed by atoms with Gasteiger partial charge < -0.3 is 14.6 Å². The van der Waals surface area contributed by atoms with Crippen molar-refractivity contribution in [2.75, 3.05) is 6.79 Å². The number of aliphatic carboxylic acids is 1. The first-order chi connectivity index (χ1) is 8.74. The highest BCUT2D eigenvalue weighted by molar-refractivity contribution is 5.78. The lowest BCUT2D eigenvalue weighted by atomic mass is 9.92. The maximum absolute atomic E-state index is 11.4. The van der Waals surface area contributed by atoms with E-state index in [9.17, 15) is 9.90 Å². The smallest absolute Gasteiger partial charge is 0.311 e. The normalized spacial score (nSPS) is 14.5. The molecule has 0 saturated heterocycles. The lowest BCUT2D eigenvalue weighted by molar-refractivity contribution is -0.139. The summed E-state index contributed by atoms with van der Waals surface area (Å²) in [7, 11) is 0. The summed E-state index contributed by atoms with van der Waals surface area (Å²) in [6, 6.07) is 5.44. The second-order valence-electron chi connectivity index (χ2n) is 4.47. The standard InChI is InChI=1S/C14H18O4/c1-2-3-4-6-11(14(15)16)10-7-5-8-12-13(10)18-9-17-12/h5,7-8,11H,2-4,6,9H2,1H3,(H,15,16). The average Bonchev–Trinajstić information content (AvgIpc) is 2.82. The number of fused-ring (bicyclic) bond motifs is 1. The molecule has 1 aliphatic rings. The number of benzene rings is 1. The molecule has 98 valence electrons. The van der Waals surface area contributed by atoms with E-state index in [1.165, 1.54) is 0 Å². The molecule has 0 saturated carbocycles. The highest BCUT2D eigenvalue weighted by Gasteiger charge is 2.27. The molecule has 1 aromatic rings. The van der Waals surface area contributed by atoms with Gasteiger partial charge in [-0.3, -0.25) is 4.79 Å². The quantitative estimate of drug-likeness (QED) is 0.788. The van der Waals surface area contributed by atoms with Crippen LogP contribution in [0.2, 0.25) is 0 Å². The molecule has 4 heteroatoms. The molecular weight excluding hydrogens is 232 g/mol. The van der Waals surface area contributed by atoms with Crippen molar-refractivity contribution < 1.29 is 19.4 Å². The molecule has 0 radical (unpaired) electrons. The Morgan fingerprint density at radius 1 is 1.39 bits per heavy atom. The zero-order chi connectivity index (χ0) is 13.0. The molecule has 0 amide bonds. The largest absolute Gasteiger partial charge is 0.481 e. The molecule has 4 nitrogen and oxygen atoms in total. The molecule has 0 bridgehead atoms. The summed E-state index contributed by atoms with van der Waals surface area (Å²) in [5, 5.41) is 9.36. The SMILES string of the molecule is CCCCCC(C(=O)O)c1cccc2c1OCO2. The van der Waals surface area contributed by atoms with Crippen LogP contribution in [-0.2, 0) is 4.79 Å². The number of carbonyl (C=O) groups is 1. The van der Waals surface area contributed by atoms with E-state index < -0.39 is 11.9 Å². The van der Waals surface area contributed by atoms with Crippen LogP contribution in [-0.4, -0.2) is 17.9 Å². The number of para-hydroxylation sites is 1. The summed E-state index contributed by atoms with van der Waals surface area (Å²) in [5.41, 5.74) is 0.730. The lowest BCUT2D eigenvalue weighted by Gasteiger charge is -2.14. The molecule has 1 heterocycles. The topological polar surface area (TPSA) is 55.8 Å². The van der Waals surface area contributed by atoms with Crippen molar-refractivity contribution in [2.24, 2.45) is 0 Å². The van der Waals surface area contributed by atoms with Gasteiger partial charge in [0.1, 0.15) is 0 Å². The monoisotopic (exact) mass is 250 g/mol. The van der Waals surface area contributed by atoms with E-state index in [0.29, 0.717) is 17.9 Å². The number of carboxylic acid groups (broad SMARTS) is 1. The van der Waals surface area contributed by atoms with Crippen LogP contribution in [0.5, 0.6) is 11.5 Å².